The summed E-state index contributed by atoms with van der Waals surface area (Å²) in [5, 5.41) is 12.0. The summed E-state index contributed by atoms with van der Waals surface area (Å²) < 4.78 is 65.8. The Kier molecular flexibility index (Phi) is 5.66. The van der Waals surface area contributed by atoms with Crippen LogP contribution in [0.5, 0.6) is 0 Å². The molecule has 1 amide bonds. The van der Waals surface area contributed by atoms with E-state index in [0.717, 1.165) is 25.2 Å². The first-order chi connectivity index (χ1) is 14.9. The molecule has 2 aliphatic heterocycles. The fourth-order valence-electron chi connectivity index (χ4n) is 4.84. The minimum Gasteiger partial charge on any atom is -0.371 e. The normalized spacial score (nSPS) is 23.8. The highest BCUT2D eigenvalue weighted by Gasteiger charge is 2.53. The molecule has 0 aromatic heterocycles. The van der Waals surface area contributed by atoms with Gasteiger partial charge in [-0.15, -0.1) is 0 Å². The van der Waals surface area contributed by atoms with Crippen LogP contribution in [0, 0.1) is 22.7 Å². The molecule has 0 bridgehead atoms. The molecule has 1 atom stereocenters. The molecule has 1 aromatic rings. The van der Waals surface area contributed by atoms with Crippen molar-refractivity contribution in [1.82, 2.24) is 9.62 Å². The van der Waals surface area contributed by atoms with Gasteiger partial charge in [-0.05, 0) is 43.9 Å². The van der Waals surface area contributed by atoms with Crippen LogP contribution in [-0.4, -0.2) is 57.1 Å². The van der Waals surface area contributed by atoms with E-state index in [0.29, 0.717) is 31.6 Å². The number of hydrogen-bond acceptors (Lipinski definition) is 5. The van der Waals surface area contributed by atoms with E-state index < -0.39 is 38.7 Å². The summed E-state index contributed by atoms with van der Waals surface area (Å²) in [7, 11) is -3.47. The third-order valence-corrected chi connectivity index (χ3v) is 8.10. The molecule has 7 nitrogen and oxygen atoms in total. The molecule has 1 saturated carbocycles. The van der Waals surface area contributed by atoms with E-state index in [9.17, 15) is 26.4 Å². The van der Waals surface area contributed by atoms with Crippen molar-refractivity contribution in [2.75, 3.05) is 37.3 Å². The standard InChI is InChI=1S/C21H25F3N4O3S/c1-32(30,31)28-12-18(19(29)26-15-3-4-15)20(13-28)6-8-27(9-7-20)16-5-2-14(11-25)17(10-16)21(22,23)24/h2,5,10,15,18H,3-4,6-9,12-13H2,1H3,(H,26,29). The lowest BCUT2D eigenvalue weighted by Crippen LogP contribution is -2.48. The number of carbonyl (C=O) groups is 1. The van der Waals surface area contributed by atoms with Gasteiger partial charge in [0.15, 0.2) is 0 Å². The van der Waals surface area contributed by atoms with E-state index in [1.807, 2.05) is 0 Å². The Morgan fingerprint density at radius 3 is 2.44 bits per heavy atom. The van der Waals surface area contributed by atoms with Crippen LogP contribution < -0.4 is 10.2 Å². The van der Waals surface area contributed by atoms with Crippen molar-refractivity contribution in [2.24, 2.45) is 11.3 Å². The molecule has 32 heavy (non-hydrogen) atoms. The number of sulfonamides is 1. The molecule has 0 radical (unpaired) electrons. The van der Waals surface area contributed by atoms with Gasteiger partial charge in [-0.3, -0.25) is 4.79 Å². The van der Waals surface area contributed by atoms with E-state index in [1.54, 1.807) is 11.0 Å². The molecule has 2 heterocycles. The molecule has 1 aliphatic carbocycles. The summed E-state index contributed by atoms with van der Waals surface area (Å²) in [6, 6.07) is 5.41. The number of nitrogens with one attached hydrogen (secondary N) is 1. The molecular weight excluding hydrogens is 445 g/mol. The van der Waals surface area contributed by atoms with Crippen molar-refractivity contribution >= 4 is 21.6 Å². The fourth-order valence-corrected chi connectivity index (χ4v) is 5.76. The largest absolute Gasteiger partial charge is 0.417 e. The van der Waals surface area contributed by atoms with Gasteiger partial charge in [0.1, 0.15) is 0 Å². The summed E-state index contributed by atoms with van der Waals surface area (Å²) in [4.78, 5) is 14.7. The summed E-state index contributed by atoms with van der Waals surface area (Å²) in [5.74, 6) is -0.614. The Balaban J connectivity index is 1.55. The zero-order valence-corrected chi connectivity index (χ0v) is 18.5. The number of nitrogens with zero attached hydrogens (tertiary/aromatic N) is 3. The number of rotatable bonds is 4. The van der Waals surface area contributed by atoms with Gasteiger partial charge in [0.05, 0.1) is 29.4 Å². The molecule has 3 fully saturated rings. The highest BCUT2D eigenvalue weighted by atomic mass is 32.2. The summed E-state index contributed by atoms with van der Waals surface area (Å²) in [5.41, 5.74) is -1.57. The van der Waals surface area contributed by atoms with E-state index in [2.05, 4.69) is 5.32 Å². The van der Waals surface area contributed by atoms with Gasteiger partial charge in [-0.25, -0.2) is 12.7 Å². The summed E-state index contributed by atoms with van der Waals surface area (Å²) in [6.45, 7) is 1.16. The van der Waals surface area contributed by atoms with Crippen molar-refractivity contribution in [2.45, 2.75) is 37.9 Å². The average molecular weight is 471 g/mol. The number of alkyl halides is 3. The first-order valence-electron chi connectivity index (χ1n) is 10.5. The predicted molar refractivity (Wildman–Crippen MR) is 111 cm³/mol. The van der Waals surface area contributed by atoms with E-state index in [4.69, 9.17) is 5.26 Å². The maximum atomic E-state index is 13.4. The van der Waals surface area contributed by atoms with Crippen molar-refractivity contribution in [1.29, 1.82) is 5.26 Å². The van der Waals surface area contributed by atoms with E-state index in [1.165, 1.54) is 16.4 Å². The van der Waals surface area contributed by atoms with Gasteiger partial charge in [-0.1, -0.05) is 0 Å². The lowest BCUT2D eigenvalue weighted by molar-refractivity contribution is -0.137. The smallest absolute Gasteiger partial charge is 0.371 e. The first-order valence-corrected chi connectivity index (χ1v) is 12.4. The van der Waals surface area contributed by atoms with Gasteiger partial charge in [0.25, 0.3) is 0 Å². The van der Waals surface area contributed by atoms with Gasteiger partial charge >= 0.3 is 6.18 Å². The number of anilines is 1. The number of piperidine rings is 1. The molecule has 3 aliphatic rings. The zero-order chi connectivity index (χ0) is 23.3. The maximum Gasteiger partial charge on any atom is 0.417 e. The van der Waals surface area contributed by atoms with Crippen LogP contribution in [-0.2, 0) is 21.0 Å². The topological polar surface area (TPSA) is 93.5 Å². The second-order valence-corrected chi connectivity index (χ2v) is 11.1. The number of carbonyl (C=O) groups excluding carboxylic acids is 1. The number of nitriles is 1. The highest BCUT2D eigenvalue weighted by Crippen LogP contribution is 2.47. The Bertz CT molecular complexity index is 1060. The van der Waals surface area contributed by atoms with E-state index >= 15 is 0 Å². The van der Waals surface area contributed by atoms with Crippen molar-refractivity contribution in [3.63, 3.8) is 0 Å². The third-order valence-electron chi connectivity index (χ3n) is 6.88. The molecule has 2 saturated heterocycles. The Morgan fingerprint density at radius 1 is 1.25 bits per heavy atom. The van der Waals surface area contributed by atoms with Crippen molar-refractivity contribution < 1.29 is 26.4 Å². The zero-order valence-electron chi connectivity index (χ0n) is 17.7. The SMILES string of the molecule is CS(=O)(=O)N1CC(C(=O)NC2CC2)C2(CCN(c3ccc(C#N)c(C(F)(F)F)c3)CC2)C1. The van der Waals surface area contributed by atoms with E-state index in [-0.39, 0.29) is 25.0 Å². The predicted octanol–water partition coefficient (Wildman–Crippen LogP) is 2.33. The molecule has 11 heteroatoms. The van der Waals surface area contributed by atoms with Crippen LogP contribution in [0.2, 0.25) is 0 Å². The Labute approximate surface area is 185 Å². The lowest BCUT2D eigenvalue weighted by Gasteiger charge is -2.43. The Hall–Kier alpha value is -2.32. The van der Waals surface area contributed by atoms with Crippen LogP contribution in [0.4, 0.5) is 18.9 Å². The van der Waals surface area contributed by atoms with Crippen LogP contribution in [0.1, 0.15) is 36.8 Å². The maximum absolute atomic E-state index is 13.4. The van der Waals surface area contributed by atoms with Gasteiger partial charge in [0.2, 0.25) is 15.9 Å². The lowest BCUT2D eigenvalue weighted by atomic mass is 9.70. The minimum atomic E-state index is -4.63. The third kappa shape index (κ3) is 4.43. The number of benzene rings is 1. The Morgan fingerprint density at radius 2 is 1.91 bits per heavy atom. The minimum absolute atomic E-state index is 0.131. The molecule has 1 aromatic carbocycles. The monoisotopic (exact) mass is 470 g/mol. The second-order valence-electron chi connectivity index (χ2n) is 9.08. The second kappa shape index (κ2) is 7.92. The van der Waals surface area contributed by atoms with Gasteiger partial charge in [0, 0.05) is 43.3 Å². The molecule has 1 spiro atoms. The van der Waals surface area contributed by atoms with Gasteiger partial charge < -0.3 is 10.2 Å². The quantitative estimate of drug-likeness (QED) is 0.729. The average Bonchev–Trinajstić information content (AvgIpc) is 3.45. The van der Waals surface area contributed by atoms with Crippen LogP contribution in [0.3, 0.4) is 0 Å². The summed E-state index contributed by atoms with van der Waals surface area (Å²) >= 11 is 0. The number of hydrogen-bond donors (Lipinski definition) is 1. The van der Waals surface area contributed by atoms with Crippen LogP contribution in [0.25, 0.3) is 0 Å². The molecule has 1 N–H and O–H groups in total. The van der Waals surface area contributed by atoms with Crippen molar-refractivity contribution in [3.05, 3.63) is 29.3 Å². The molecule has 174 valence electrons. The van der Waals surface area contributed by atoms with Crippen LogP contribution in [0.15, 0.2) is 18.2 Å². The molecular formula is C21H25F3N4O3S. The molecule has 1 unspecified atom stereocenters. The van der Waals surface area contributed by atoms with Crippen molar-refractivity contribution in [3.8, 4) is 6.07 Å². The number of amides is 1. The molecule has 4 rings (SSSR count). The fraction of sp³-hybridized carbons (Fsp3) is 0.619. The highest BCUT2D eigenvalue weighted by molar-refractivity contribution is 7.88. The van der Waals surface area contributed by atoms with Gasteiger partial charge in [-0.2, -0.15) is 18.4 Å². The van der Waals surface area contributed by atoms with Crippen LogP contribution >= 0.6 is 0 Å². The summed E-state index contributed by atoms with van der Waals surface area (Å²) in [6.07, 6.45) is -0.672. The first kappa shape index (κ1) is 22.9. The number of halogens is 3.